The van der Waals surface area contributed by atoms with Gasteiger partial charge in [-0.3, -0.25) is 14.9 Å². The Morgan fingerprint density at radius 3 is 2.68 bits per heavy atom. The number of thiophene rings is 1. The second-order valence-electron chi connectivity index (χ2n) is 6.90. The number of aromatic nitrogens is 1. The van der Waals surface area contributed by atoms with Crippen molar-refractivity contribution in [1.82, 2.24) is 9.88 Å². The zero-order chi connectivity index (χ0) is 20.0. The Morgan fingerprint density at radius 2 is 2.00 bits per heavy atom. The minimum absolute atomic E-state index is 0.307. The molecule has 0 unspecified atom stereocenters. The van der Waals surface area contributed by atoms with Crippen molar-refractivity contribution in [3.63, 3.8) is 0 Å². The number of hydrogen-bond acceptors (Lipinski definition) is 6. The lowest BCUT2D eigenvalue weighted by Gasteiger charge is -2.12. The van der Waals surface area contributed by atoms with Gasteiger partial charge in [-0.2, -0.15) is 0 Å². The molecule has 1 fully saturated rings. The molecule has 6 nitrogen and oxygen atoms in total. The van der Waals surface area contributed by atoms with Gasteiger partial charge in [0.2, 0.25) is 0 Å². The van der Waals surface area contributed by atoms with E-state index >= 15 is 0 Å². The molecule has 3 heterocycles. The highest BCUT2D eigenvalue weighted by molar-refractivity contribution is 8.18. The first kappa shape index (κ1) is 19.0. The number of methoxy groups -OCH3 is 1. The normalized spacial score (nSPS) is 17.8. The van der Waals surface area contributed by atoms with E-state index in [-0.39, 0.29) is 17.1 Å². The van der Waals surface area contributed by atoms with Crippen LogP contribution < -0.4 is 5.32 Å². The van der Waals surface area contributed by atoms with E-state index in [1.165, 1.54) is 12.0 Å². The molecule has 1 saturated heterocycles. The summed E-state index contributed by atoms with van der Waals surface area (Å²) in [4.78, 5) is 37.5. The predicted molar refractivity (Wildman–Crippen MR) is 110 cm³/mol. The highest BCUT2D eigenvalue weighted by Gasteiger charge is 2.29. The second kappa shape index (κ2) is 7.25. The molecule has 2 aliphatic rings. The van der Waals surface area contributed by atoms with Gasteiger partial charge in [-0.1, -0.05) is 0 Å². The van der Waals surface area contributed by atoms with Gasteiger partial charge in [-0.05, 0) is 74.6 Å². The van der Waals surface area contributed by atoms with Gasteiger partial charge in [-0.15, -0.1) is 11.3 Å². The van der Waals surface area contributed by atoms with Gasteiger partial charge < -0.3 is 9.30 Å². The van der Waals surface area contributed by atoms with Crippen molar-refractivity contribution in [2.24, 2.45) is 0 Å². The van der Waals surface area contributed by atoms with Crippen LogP contribution in [0.1, 0.15) is 50.6 Å². The number of esters is 1. The van der Waals surface area contributed by atoms with Crippen molar-refractivity contribution in [2.75, 3.05) is 7.11 Å². The number of hydrogen-bond donors (Lipinski definition) is 1. The molecule has 2 aromatic rings. The molecule has 8 heteroatoms. The Bertz CT molecular complexity index is 1050. The molecule has 1 N–H and O–H groups in total. The van der Waals surface area contributed by atoms with Crippen LogP contribution in [0.4, 0.5) is 4.79 Å². The number of nitrogens with one attached hydrogen (secondary N) is 1. The summed E-state index contributed by atoms with van der Waals surface area (Å²) in [7, 11) is 1.41. The number of thioether (sulfide) groups is 1. The van der Waals surface area contributed by atoms with E-state index < -0.39 is 0 Å². The van der Waals surface area contributed by atoms with Crippen molar-refractivity contribution in [2.45, 2.75) is 39.5 Å². The number of nitrogens with zero attached hydrogens (tertiary/aromatic N) is 1. The molecule has 0 radical (unpaired) electrons. The van der Waals surface area contributed by atoms with Crippen LogP contribution in [0.25, 0.3) is 11.1 Å². The molecule has 0 saturated carbocycles. The van der Waals surface area contributed by atoms with Crippen LogP contribution >= 0.6 is 23.1 Å². The summed E-state index contributed by atoms with van der Waals surface area (Å²) in [5.74, 6) is -0.681. The first-order valence-corrected chi connectivity index (χ1v) is 10.7. The molecular weight excluding hydrogens is 396 g/mol. The Morgan fingerprint density at radius 1 is 1.25 bits per heavy atom. The summed E-state index contributed by atoms with van der Waals surface area (Å²) >= 11 is 2.55. The zero-order valence-corrected chi connectivity index (χ0v) is 17.5. The largest absolute Gasteiger partial charge is 0.465 e. The molecule has 0 bridgehead atoms. The summed E-state index contributed by atoms with van der Waals surface area (Å²) in [5, 5.41) is 2.79. The maximum Gasteiger partial charge on any atom is 0.341 e. The molecule has 2 aromatic heterocycles. The Labute approximate surface area is 170 Å². The lowest BCUT2D eigenvalue weighted by molar-refractivity contribution is -0.115. The molecule has 2 amide bonds. The van der Waals surface area contributed by atoms with E-state index in [0.717, 1.165) is 65.0 Å². The number of carbonyl (C=O) groups is 3. The molecule has 146 valence electrons. The van der Waals surface area contributed by atoms with Crippen LogP contribution in [0.15, 0.2) is 11.0 Å². The predicted octanol–water partition coefficient (Wildman–Crippen LogP) is 4.14. The summed E-state index contributed by atoms with van der Waals surface area (Å²) in [6.07, 6.45) is 5.82. The summed E-state index contributed by atoms with van der Waals surface area (Å²) in [6, 6.07) is 1.97. The van der Waals surface area contributed by atoms with Gasteiger partial charge in [0.05, 0.1) is 17.6 Å². The molecule has 1 aliphatic heterocycles. The number of ether oxygens (including phenoxy) is 1. The monoisotopic (exact) mass is 416 g/mol. The van der Waals surface area contributed by atoms with Crippen molar-refractivity contribution in [3.8, 4) is 5.00 Å². The molecule has 1 aliphatic carbocycles. The third-order valence-electron chi connectivity index (χ3n) is 5.14. The number of amides is 2. The van der Waals surface area contributed by atoms with Gasteiger partial charge in [0, 0.05) is 16.3 Å². The lowest BCUT2D eigenvalue weighted by atomic mass is 9.95. The van der Waals surface area contributed by atoms with Crippen LogP contribution in [0.2, 0.25) is 0 Å². The fourth-order valence-electron chi connectivity index (χ4n) is 3.83. The molecule has 0 aromatic carbocycles. The number of imide groups is 1. The maximum absolute atomic E-state index is 12.6. The number of carbonyl (C=O) groups excluding carboxylic acids is 3. The number of aryl methyl sites for hydroxylation is 2. The van der Waals surface area contributed by atoms with Crippen LogP contribution in [0, 0.1) is 13.8 Å². The van der Waals surface area contributed by atoms with Gasteiger partial charge in [0.25, 0.3) is 11.1 Å². The van der Waals surface area contributed by atoms with E-state index in [9.17, 15) is 14.4 Å². The van der Waals surface area contributed by atoms with E-state index in [1.807, 2.05) is 19.9 Å². The highest BCUT2D eigenvalue weighted by atomic mass is 32.2. The molecule has 0 spiro atoms. The molecule has 28 heavy (non-hydrogen) atoms. The fraction of sp³-hybridized carbons (Fsp3) is 0.350. The van der Waals surface area contributed by atoms with Gasteiger partial charge in [0.1, 0.15) is 5.00 Å². The van der Waals surface area contributed by atoms with E-state index in [0.29, 0.717) is 10.5 Å². The van der Waals surface area contributed by atoms with Crippen molar-refractivity contribution in [1.29, 1.82) is 0 Å². The average molecular weight is 417 g/mol. The Balaban J connectivity index is 1.85. The summed E-state index contributed by atoms with van der Waals surface area (Å²) in [6.45, 7) is 3.93. The number of fused-ring (bicyclic) bond motifs is 1. The SMILES string of the molecule is COC(=O)c1c(-n2c(C)cc(/C=C3/SC(=O)NC3=O)c2C)sc2c1CCCC2. The summed E-state index contributed by atoms with van der Waals surface area (Å²) < 4.78 is 7.15. The maximum atomic E-state index is 12.6. The van der Waals surface area contributed by atoms with Gasteiger partial charge in [-0.25, -0.2) is 4.79 Å². The third-order valence-corrected chi connectivity index (χ3v) is 7.23. The first-order valence-electron chi connectivity index (χ1n) is 9.07. The second-order valence-corrected chi connectivity index (χ2v) is 9.00. The topological polar surface area (TPSA) is 77.4 Å². The Kier molecular flexibility index (Phi) is 4.93. The smallest absolute Gasteiger partial charge is 0.341 e. The molecular formula is C20H20N2O4S2. The summed E-state index contributed by atoms with van der Waals surface area (Å²) in [5.41, 5.74) is 4.50. The van der Waals surface area contributed by atoms with E-state index in [2.05, 4.69) is 9.88 Å². The fourth-order valence-corrected chi connectivity index (χ4v) is 5.99. The minimum atomic E-state index is -0.373. The molecule has 4 rings (SSSR count). The number of rotatable bonds is 3. The van der Waals surface area contributed by atoms with Gasteiger partial charge in [0.15, 0.2) is 0 Å². The van der Waals surface area contributed by atoms with Crippen LogP contribution in [-0.4, -0.2) is 28.8 Å². The van der Waals surface area contributed by atoms with E-state index in [4.69, 9.17) is 4.74 Å². The third kappa shape index (κ3) is 3.10. The van der Waals surface area contributed by atoms with Crippen molar-refractivity contribution in [3.05, 3.63) is 43.9 Å². The quantitative estimate of drug-likeness (QED) is 0.601. The standard InChI is InChI=1S/C20H20N2O4S2/c1-10-8-12(9-15-17(23)21-20(25)28-15)11(2)22(10)18-16(19(24)26-3)13-6-4-5-7-14(13)27-18/h8-9H,4-7H2,1-3H3,(H,21,23,25)/b15-9+. The van der Waals surface area contributed by atoms with Crippen molar-refractivity contribution < 1.29 is 19.1 Å². The van der Waals surface area contributed by atoms with Gasteiger partial charge >= 0.3 is 5.97 Å². The van der Waals surface area contributed by atoms with Crippen LogP contribution in [0.5, 0.6) is 0 Å². The zero-order valence-electron chi connectivity index (χ0n) is 15.9. The lowest BCUT2D eigenvalue weighted by Crippen LogP contribution is -2.17. The molecule has 0 atom stereocenters. The van der Waals surface area contributed by atoms with E-state index in [1.54, 1.807) is 17.4 Å². The van der Waals surface area contributed by atoms with Crippen LogP contribution in [-0.2, 0) is 22.4 Å². The Hall–Kier alpha value is -2.32. The highest BCUT2D eigenvalue weighted by Crippen LogP contribution is 2.39. The minimum Gasteiger partial charge on any atom is -0.465 e. The van der Waals surface area contributed by atoms with Crippen LogP contribution in [0.3, 0.4) is 0 Å². The first-order chi connectivity index (χ1) is 13.4. The van der Waals surface area contributed by atoms with Crippen molar-refractivity contribution >= 4 is 46.3 Å². The average Bonchev–Trinajstić information content (AvgIpc) is 3.28.